The summed E-state index contributed by atoms with van der Waals surface area (Å²) in [6.07, 6.45) is 3.50. The molecule has 0 unspecified atom stereocenters. The Labute approximate surface area is 175 Å². The normalized spacial score (nSPS) is 22.1. The lowest BCUT2D eigenvalue weighted by atomic mass is 9.78. The van der Waals surface area contributed by atoms with Crippen LogP contribution >= 0.6 is 23.4 Å². The zero-order valence-electron chi connectivity index (χ0n) is 16.5. The number of aromatic nitrogens is 3. The number of benzene rings is 1. The highest BCUT2D eigenvalue weighted by molar-refractivity contribution is 7.99. The first-order valence-corrected chi connectivity index (χ1v) is 11.0. The lowest BCUT2D eigenvalue weighted by molar-refractivity contribution is -0.120. The molecule has 1 fully saturated rings. The minimum absolute atomic E-state index is 0.0372. The molecule has 1 amide bonds. The first kappa shape index (κ1) is 21.0. The van der Waals surface area contributed by atoms with E-state index in [1.165, 1.54) is 24.6 Å². The molecule has 2 aromatic rings. The van der Waals surface area contributed by atoms with Gasteiger partial charge in [-0.2, -0.15) is 0 Å². The molecule has 1 heterocycles. The van der Waals surface area contributed by atoms with E-state index in [1.807, 2.05) is 19.1 Å². The quantitative estimate of drug-likeness (QED) is 0.647. The molecule has 0 saturated heterocycles. The van der Waals surface area contributed by atoms with E-state index in [1.54, 1.807) is 6.07 Å². The highest BCUT2D eigenvalue weighted by atomic mass is 35.5. The van der Waals surface area contributed by atoms with Crippen molar-refractivity contribution in [1.82, 2.24) is 20.5 Å². The largest absolute Gasteiger partial charge is 0.486 e. The van der Waals surface area contributed by atoms with Gasteiger partial charge in [0.15, 0.2) is 5.82 Å². The second kappa shape index (κ2) is 9.65. The molecule has 2 N–H and O–H groups in total. The third-order valence-corrected chi connectivity index (χ3v) is 6.67. The molecule has 1 aromatic carbocycles. The average molecular weight is 423 g/mol. The summed E-state index contributed by atoms with van der Waals surface area (Å²) in [7, 11) is 0. The van der Waals surface area contributed by atoms with Crippen molar-refractivity contribution in [1.29, 1.82) is 0 Å². The van der Waals surface area contributed by atoms with Crippen LogP contribution in [0.3, 0.4) is 0 Å². The number of rotatable bonds is 7. The Morgan fingerprint density at radius 2 is 2.21 bits per heavy atom. The number of nitrogens with one attached hydrogen (secondary N) is 2. The fourth-order valence-electron chi connectivity index (χ4n) is 3.43. The zero-order valence-corrected chi connectivity index (χ0v) is 18.1. The van der Waals surface area contributed by atoms with Gasteiger partial charge in [0.25, 0.3) is 0 Å². The molecule has 1 aliphatic carbocycles. The van der Waals surface area contributed by atoms with Gasteiger partial charge in [-0.15, -0.1) is 5.10 Å². The van der Waals surface area contributed by atoms with Crippen molar-refractivity contribution in [2.45, 2.75) is 57.8 Å². The predicted molar refractivity (Wildman–Crippen MR) is 112 cm³/mol. The second-order valence-corrected chi connectivity index (χ2v) is 8.84. The van der Waals surface area contributed by atoms with Crippen molar-refractivity contribution in [2.75, 3.05) is 5.75 Å². The molecule has 152 valence electrons. The molecule has 1 saturated carbocycles. The predicted octanol–water partition coefficient (Wildman–Crippen LogP) is 4.38. The Hall–Kier alpha value is -1.73. The Morgan fingerprint density at radius 1 is 1.39 bits per heavy atom. The summed E-state index contributed by atoms with van der Waals surface area (Å²) in [4.78, 5) is 16.7. The van der Waals surface area contributed by atoms with Gasteiger partial charge in [-0.25, -0.2) is 4.98 Å². The van der Waals surface area contributed by atoms with Gasteiger partial charge in [-0.05, 0) is 48.9 Å². The molecule has 1 aliphatic rings. The van der Waals surface area contributed by atoms with E-state index in [9.17, 15) is 4.79 Å². The number of H-pyrrole nitrogens is 1. The molecule has 0 bridgehead atoms. The van der Waals surface area contributed by atoms with Crippen LogP contribution in [0.2, 0.25) is 5.02 Å². The van der Waals surface area contributed by atoms with E-state index in [0.29, 0.717) is 33.6 Å². The fourth-order valence-corrected chi connectivity index (χ4v) is 4.18. The maximum absolute atomic E-state index is 12.3. The molecule has 28 heavy (non-hydrogen) atoms. The number of carbonyl (C=O) groups excluding carboxylic acids is 1. The van der Waals surface area contributed by atoms with Crippen LogP contribution in [0.4, 0.5) is 0 Å². The third-order valence-electron chi connectivity index (χ3n) is 5.40. The van der Waals surface area contributed by atoms with Gasteiger partial charge in [0.2, 0.25) is 11.1 Å². The smallest absolute Gasteiger partial charge is 0.230 e. The van der Waals surface area contributed by atoms with Crippen molar-refractivity contribution < 1.29 is 9.53 Å². The van der Waals surface area contributed by atoms with Gasteiger partial charge in [0, 0.05) is 11.1 Å². The van der Waals surface area contributed by atoms with Gasteiger partial charge in [-0.1, -0.05) is 50.1 Å². The maximum Gasteiger partial charge on any atom is 0.230 e. The summed E-state index contributed by atoms with van der Waals surface area (Å²) < 4.78 is 5.71. The molecule has 8 heteroatoms. The molecule has 0 spiro atoms. The zero-order chi connectivity index (χ0) is 20.1. The first-order valence-electron chi connectivity index (χ1n) is 9.64. The molecule has 0 radical (unpaired) electrons. The highest BCUT2D eigenvalue weighted by Gasteiger charge is 2.28. The molecule has 0 aliphatic heterocycles. The van der Waals surface area contributed by atoms with Gasteiger partial charge in [0.05, 0.1) is 5.75 Å². The molecular formula is C20H27ClN4O2S. The third kappa shape index (κ3) is 5.64. The van der Waals surface area contributed by atoms with Crippen LogP contribution < -0.4 is 10.1 Å². The van der Waals surface area contributed by atoms with Crippen molar-refractivity contribution in [3.63, 3.8) is 0 Å². The van der Waals surface area contributed by atoms with Crippen LogP contribution in [0.15, 0.2) is 23.4 Å². The highest BCUT2D eigenvalue weighted by Crippen LogP contribution is 2.29. The number of hydrogen-bond acceptors (Lipinski definition) is 5. The van der Waals surface area contributed by atoms with Crippen molar-refractivity contribution in [3.05, 3.63) is 34.6 Å². The minimum atomic E-state index is 0.0372. The molecular weight excluding hydrogens is 396 g/mol. The van der Waals surface area contributed by atoms with E-state index >= 15 is 0 Å². The Balaban J connectivity index is 1.44. The number of ether oxygens (including phenoxy) is 1. The minimum Gasteiger partial charge on any atom is -0.486 e. The van der Waals surface area contributed by atoms with E-state index in [0.717, 1.165) is 17.7 Å². The average Bonchev–Trinajstić information content (AvgIpc) is 3.13. The number of hydrogen-bond donors (Lipinski definition) is 2. The lowest BCUT2D eigenvalue weighted by Gasteiger charge is -2.34. The standard InChI is InChI=1S/C20H27ClN4O2S/c1-12-5-4-6-17(14(12)3)22-19(26)11-28-20-23-18(24-25-20)10-27-15-7-8-16(21)13(2)9-15/h7-9,12,14,17H,4-6,10-11H2,1-3H3,(H,22,26)(H,23,24,25)/t12-,14+,17-/m1/s1. The van der Waals surface area contributed by atoms with Crippen LogP contribution in [0.25, 0.3) is 0 Å². The summed E-state index contributed by atoms with van der Waals surface area (Å²) >= 11 is 7.35. The number of carbonyl (C=O) groups is 1. The number of amides is 1. The van der Waals surface area contributed by atoms with E-state index in [4.69, 9.17) is 16.3 Å². The number of aromatic amines is 1. The molecule has 1 aromatic heterocycles. The number of thioether (sulfide) groups is 1. The van der Waals surface area contributed by atoms with Crippen LogP contribution in [0, 0.1) is 18.8 Å². The Bertz CT molecular complexity index is 813. The van der Waals surface area contributed by atoms with Gasteiger partial charge in [-0.3, -0.25) is 9.89 Å². The lowest BCUT2D eigenvalue weighted by Crippen LogP contribution is -2.44. The topological polar surface area (TPSA) is 79.9 Å². The molecule has 6 nitrogen and oxygen atoms in total. The summed E-state index contributed by atoms with van der Waals surface area (Å²) in [5, 5.41) is 11.4. The molecule has 3 rings (SSSR count). The first-order chi connectivity index (χ1) is 13.4. The van der Waals surface area contributed by atoms with Gasteiger partial charge >= 0.3 is 0 Å². The fraction of sp³-hybridized carbons (Fsp3) is 0.550. The van der Waals surface area contributed by atoms with E-state index < -0.39 is 0 Å². The van der Waals surface area contributed by atoms with Gasteiger partial charge in [0.1, 0.15) is 12.4 Å². The van der Waals surface area contributed by atoms with E-state index in [2.05, 4.69) is 34.3 Å². The summed E-state index contributed by atoms with van der Waals surface area (Å²) in [6.45, 7) is 6.70. The van der Waals surface area contributed by atoms with Crippen LogP contribution in [0.5, 0.6) is 5.75 Å². The van der Waals surface area contributed by atoms with Crippen molar-refractivity contribution in [2.24, 2.45) is 11.8 Å². The second-order valence-electron chi connectivity index (χ2n) is 7.49. The van der Waals surface area contributed by atoms with Crippen molar-refractivity contribution in [3.8, 4) is 5.75 Å². The van der Waals surface area contributed by atoms with Crippen LogP contribution in [-0.2, 0) is 11.4 Å². The van der Waals surface area contributed by atoms with Gasteiger partial charge < -0.3 is 10.1 Å². The number of nitrogens with zero attached hydrogens (tertiary/aromatic N) is 2. The SMILES string of the molecule is Cc1cc(OCc2nc(SCC(=O)N[C@@H]3CCC[C@@H](C)[C@@H]3C)n[nH]2)ccc1Cl. The van der Waals surface area contributed by atoms with Crippen molar-refractivity contribution >= 4 is 29.3 Å². The van der Waals surface area contributed by atoms with Crippen LogP contribution in [-0.4, -0.2) is 32.9 Å². The molecule has 3 atom stereocenters. The number of aryl methyl sites for hydroxylation is 1. The monoisotopic (exact) mass is 422 g/mol. The number of halogens is 1. The van der Waals surface area contributed by atoms with Crippen LogP contribution in [0.1, 0.15) is 44.5 Å². The maximum atomic E-state index is 12.3. The Kier molecular flexibility index (Phi) is 7.24. The summed E-state index contributed by atoms with van der Waals surface area (Å²) in [5.74, 6) is 2.87. The summed E-state index contributed by atoms with van der Waals surface area (Å²) in [6, 6.07) is 5.78. The Morgan fingerprint density at radius 3 is 3.00 bits per heavy atom. The van der Waals surface area contributed by atoms with E-state index in [-0.39, 0.29) is 18.6 Å². The summed E-state index contributed by atoms with van der Waals surface area (Å²) in [5.41, 5.74) is 0.959.